The first-order valence-electron chi connectivity index (χ1n) is 16.6. The summed E-state index contributed by atoms with van der Waals surface area (Å²) < 4.78 is 4.64. The minimum absolute atomic E-state index is 0.794. The molecule has 0 N–H and O–H groups in total. The van der Waals surface area contributed by atoms with Crippen LogP contribution in [0.2, 0.25) is 0 Å². The molecule has 0 amide bonds. The lowest BCUT2D eigenvalue weighted by Crippen LogP contribution is -1.99. The molecule has 0 bridgehead atoms. The van der Waals surface area contributed by atoms with Crippen LogP contribution in [0.25, 0.3) is 89.0 Å². The Hall–Kier alpha value is -6.92. The number of aromatic nitrogens is 6. The second-order valence-corrected chi connectivity index (χ2v) is 12.4. The summed E-state index contributed by atoms with van der Waals surface area (Å²) in [5.74, 6) is 0. The third-order valence-corrected chi connectivity index (χ3v) is 9.46. The summed E-state index contributed by atoms with van der Waals surface area (Å²) in [5.41, 5.74) is 13.1. The summed E-state index contributed by atoms with van der Waals surface area (Å²) in [6, 6.07) is 52.9. The van der Waals surface area contributed by atoms with Gasteiger partial charge in [0.05, 0.1) is 56.0 Å². The fourth-order valence-electron chi connectivity index (χ4n) is 7.23. The van der Waals surface area contributed by atoms with Crippen molar-refractivity contribution < 1.29 is 0 Å². The Morgan fingerprint density at radius 3 is 1.72 bits per heavy atom. The second kappa shape index (κ2) is 11.4. The molecule has 6 nitrogen and oxygen atoms in total. The van der Waals surface area contributed by atoms with Crippen LogP contribution in [0.5, 0.6) is 0 Å². The minimum Gasteiger partial charge on any atom is -0.309 e. The number of nitrogens with zero attached hydrogens (tertiary/aromatic N) is 6. The number of pyridine rings is 4. The van der Waals surface area contributed by atoms with Crippen LogP contribution in [-0.4, -0.2) is 29.1 Å². The van der Waals surface area contributed by atoms with Crippen LogP contribution in [0.4, 0.5) is 0 Å². The zero-order valence-corrected chi connectivity index (χ0v) is 26.8. The third kappa shape index (κ3) is 4.50. The Morgan fingerprint density at radius 2 is 0.960 bits per heavy atom. The van der Waals surface area contributed by atoms with Gasteiger partial charge < -0.3 is 9.13 Å². The monoisotopic (exact) mass is 640 g/mol. The molecule has 234 valence electrons. The lowest BCUT2D eigenvalue weighted by atomic mass is 10.0. The van der Waals surface area contributed by atoms with E-state index in [1.807, 2.05) is 48.7 Å². The Kier molecular flexibility index (Phi) is 6.39. The first-order chi connectivity index (χ1) is 24.8. The molecule has 0 radical (unpaired) electrons. The van der Waals surface area contributed by atoms with E-state index in [-0.39, 0.29) is 0 Å². The summed E-state index contributed by atoms with van der Waals surface area (Å²) in [7, 11) is 0. The molecule has 6 aromatic heterocycles. The fraction of sp³-hybridized carbons (Fsp3) is 0. The largest absolute Gasteiger partial charge is 0.309 e. The molecule has 0 unspecified atom stereocenters. The Balaban J connectivity index is 1.18. The number of para-hydroxylation sites is 2. The van der Waals surface area contributed by atoms with Crippen molar-refractivity contribution in [1.29, 1.82) is 0 Å². The van der Waals surface area contributed by atoms with Crippen LogP contribution in [-0.2, 0) is 0 Å². The SMILES string of the molecule is c1ccc(-n2c3cc(-c4ccc5c(c4)c4ccccc4n5-c4cc(-c5ccccn5)nc(-c5ccccn5)c4)ccc3c3ncccc32)cc1. The summed E-state index contributed by atoms with van der Waals surface area (Å²) in [6.45, 7) is 0. The lowest BCUT2D eigenvalue weighted by molar-refractivity contribution is 1.14. The highest BCUT2D eigenvalue weighted by atomic mass is 15.0. The second-order valence-electron chi connectivity index (χ2n) is 12.4. The fourth-order valence-corrected chi connectivity index (χ4v) is 7.23. The molecule has 0 saturated carbocycles. The van der Waals surface area contributed by atoms with Gasteiger partial charge in [0.25, 0.3) is 0 Å². The Morgan fingerprint density at radius 1 is 0.340 bits per heavy atom. The number of fused-ring (bicyclic) bond motifs is 6. The summed E-state index contributed by atoms with van der Waals surface area (Å²) in [5, 5.41) is 3.50. The average Bonchev–Trinajstić information content (AvgIpc) is 3.71. The third-order valence-electron chi connectivity index (χ3n) is 9.46. The molecule has 6 heteroatoms. The van der Waals surface area contributed by atoms with E-state index in [0.29, 0.717) is 0 Å². The highest BCUT2D eigenvalue weighted by Gasteiger charge is 2.18. The lowest BCUT2D eigenvalue weighted by Gasteiger charge is -2.13. The van der Waals surface area contributed by atoms with Gasteiger partial charge in [-0.1, -0.05) is 60.7 Å². The van der Waals surface area contributed by atoms with Gasteiger partial charge in [-0.05, 0) is 102 Å². The Bertz CT molecular complexity index is 2800. The zero-order chi connectivity index (χ0) is 33.0. The van der Waals surface area contributed by atoms with Crippen LogP contribution in [0.3, 0.4) is 0 Å². The molecule has 0 spiro atoms. The molecule has 0 atom stereocenters. The van der Waals surface area contributed by atoms with E-state index in [0.717, 1.165) is 78.2 Å². The van der Waals surface area contributed by atoms with Gasteiger partial charge in [0.1, 0.15) is 0 Å². The maximum atomic E-state index is 5.02. The number of rotatable bonds is 5. The van der Waals surface area contributed by atoms with Crippen LogP contribution in [0, 0.1) is 0 Å². The molecule has 6 heterocycles. The van der Waals surface area contributed by atoms with Crippen LogP contribution < -0.4 is 0 Å². The van der Waals surface area contributed by atoms with Crippen molar-refractivity contribution in [3.05, 3.63) is 170 Å². The van der Waals surface area contributed by atoms with Gasteiger partial charge in [-0.2, -0.15) is 0 Å². The van der Waals surface area contributed by atoms with Crippen molar-refractivity contribution in [2.45, 2.75) is 0 Å². The maximum absolute atomic E-state index is 5.02. The van der Waals surface area contributed by atoms with E-state index < -0.39 is 0 Å². The normalized spacial score (nSPS) is 11.6. The van der Waals surface area contributed by atoms with Gasteiger partial charge in [-0.3, -0.25) is 15.0 Å². The molecule has 0 aliphatic carbocycles. The molecule has 0 aliphatic heterocycles. The van der Waals surface area contributed by atoms with Gasteiger partial charge in [-0.25, -0.2) is 4.98 Å². The Labute approximate surface area is 287 Å². The van der Waals surface area contributed by atoms with Crippen LogP contribution in [0.15, 0.2) is 170 Å². The number of benzene rings is 4. The highest BCUT2D eigenvalue weighted by molar-refractivity contribution is 6.11. The highest BCUT2D eigenvalue weighted by Crippen LogP contribution is 2.38. The molecule has 0 aliphatic rings. The van der Waals surface area contributed by atoms with Crippen molar-refractivity contribution >= 4 is 43.7 Å². The van der Waals surface area contributed by atoms with Gasteiger partial charge in [-0.15, -0.1) is 0 Å². The van der Waals surface area contributed by atoms with Crippen molar-refractivity contribution in [2.75, 3.05) is 0 Å². The number of hydrogen-bond acceptors (Lipinski definition) is 4. The molecule has 10 rings (SSSR count). The van der Waals surface area contributed by atoms with Crippen molar-refractivity contribution in [3.8, 4) is 45.3 Å². The van der Waals surface area contributed by atoms with Gasteiger partial charge in [0, 0.05) is 40.4 Å². The topological polar surface area (TPSA) is 61.4 Å². The molecular formula is C44H28N6. The molecule has 4 aromatic carbocycles. The summed E-state index contributed by atoms with van der Waals surface area (Å²) in [6.07, 6.45) is 5.48. The van der Waals surface area contributed by atoms with Crippen molar-refractivity contribution in [2.24, 2.45) is 0 Å². The van der Waals surface area contributed by atoms with E-state index >= 15 is 0 Å². The van der Waals surface area contributed by atoms with E-state index in [1.54, 1.807) is 12.4 Å². The summed E-state index contributed by atoms with van der Waals surface area (Å²) >= 11 is 0. The van der Waals surface area contributed by atoms with E-state index in [1.165, 1.54) is 10.8 Å². The van der Waals surface area contributed by atoms with E-state index in [2.05, 4.69) is 128 Å². The molecule has 50 heavy (non-hydrogen) atoms. The van der Waals surface area contributed by atoms with Gasteiger partial charge >= 0.3 is 0 Å². The molecule has 0 fully saturated rings. The minimum atomic E-state index is 0.794. The van der Waals surface area contributed by atoms with Gasteiger partial charge in [0.15, 0.2) is 0 Å². The first-order valence-corrected chi connectivity index (χ1v) is 16.6. The zero-order valence-electron chi connectivity index (χ0n) is 26.8. The smallest absolute Gasteiger partial charge is 0.0963 e. The van der Waals surface area contributed by atoms with E-state index in [4.69, 9.17) is 9.97 Å². The van der Waals surface area contributed by atoms with Crippen molar-refractivity contribution in [1.82, 2.24) is 29.1 Å². The van der Waals surface area contributed by atoms with Crippen LogP contribution >= 0.6 is 0 Å². The molecule has 0 saturated heterocycles. The van der Waals surface area contributed by atoms with Crippen molar-refractivity contribution in [3.63, 3.8) is 0 Å². The standard InChI is InChI=1S/C44H28N6/c1-2-11-31(12-3-1)49-42-17-10-24-47-44(42)34-20-18-30(26-43(34)49)29-19-21-41-35(25-29)33-13-4-5-16-40(33)50(41)32-27-38(36-14-6-8-22-45-36)48-39(28-32)37-15-7-9-23-46-37/h1-28H. The predicted octanol–water partition coefficient (Wildman–Crippen LogP) is 10.5. The average molecular weight is 641 g/mol. The predicted molar refractivity (Wildman–Crippen MR) is 203 cm³/mol. The van der Waals surface area contributed by atoms with Crippen LogP contribution in [0.1, 0.15) is 0 Å². The summed E-state index contributed by atoms with van der Waals surface area (Å²) in [4.78, 5) is 19.1. The van der Waals surface area contributed by atoms with Gasteiger partial charge in [0.2, 0.25) is 0 Å². The molecule has 10 aromatic rings. The maximum Gasteiger partial charge on any atom is 0.0963 e. The van der Waals surface area contributed by atoms with E-state index in [9.17, 15) is 0 Å². The number of hydrogen-bond donors (Lipinski definition) is 0. The first kappa shape index (κ1) is 28.1. The quantitative estimate of drug-likeness (QED) is 0.188. The molecular weight excluding hydrogens is 613 g/mol.